The van der Waals surface area contributed by atoms with Crippen LogP contribution in [0.25, 0.3) is 0 Å². The van der Waals surface area contributed by atoms with Gasteiger partial charge in [0.25, 0.3) is 0 Å². The molecule has 0 aliphatic rings. The lowest BCUT2D eigenvalue weighted by Gasteiger charge is -2.10. The van der Waals surface area contributed by atoms with Crippen molar-refractivity contribution in [2.75, 3.05) is 26.4 Å². The molecule has 1 aromatic carbocycles. The molecule has 82 valence electrons. The Kier molecular flexibility index (Phi) is 3.97. The third kappa shape index (κ3) is 3.89. The minimum absolute atomic E-state index is 0.0606. The summed E-state index contributed by atoms with van der Waals surface area (Å²) in [6, 6.07) is 7.11. The number of anilines is 1. The zero-order chi connectivity index (χ0) is 11.3. The van der Waals surface area contributed by atoms with E-state index in [9.17, 15) is 4.79 Å². The second-order valence-corrected chi connectivity index (χ2v) is 3.46. The minimum atomic E-state index is 0.0606. The molecule has 0 unspecified atom stereocenters. The number of nitrogens with zero attached hydrogens (tertiary/aromatic N) is 1. The highest BCUT2D eigenvalue weighted by Crippen LogP contribution is 2.13. The van der Waals surface area contributed by atoms with Gasteiger partial charge in [0, 0.05) is 19.8 Å². The summed E-state index contributed by atoms with van der Waals surface area (Å²) in [6.07, 6.45) is 0.386. The number of ether oxygens (including phenoxy) is 1. The smallest absolute Gasteiger partial charge is 0.225 e. The van der Waals surface area contributed by atoms with Gasteiger partial charge in [-0.1, -0.05) is 0 Å². The quantitative estimate of drug-likeness (QED) is 0.754. The number of carbonyl (C=O) groups is 1. The van der Waals surface area contributed by atoms with Crippen LogP contribution in [0.5, 0.6) is 5.75 Å². The van der Waals surface area contributed by atoms with Crippen LogP contribution in [0.4, 0.5) is 5.69 Å². The molecular weight excluding hydrogens is 192 g/mol. The Labute approximate surface area is 89.6 Å². The molecule has 0 fully saturated rings. The van der Waals surface area contributed by atoms with E-state index >= 15 is 0 Å². The van der Waals surface area contributed by atoms with Gasteiger partial charge in [-0.2, -0.15) is 0 Å². The SMILES string of the molecule is CN(C)C(=O)CCOc1ccc(N)cc1. The van der Waals surface area contributed by atoms with Crippen molar-refractivity contribution >= 4 is 11.6 Å². The van der Waals surface area contributed by atoms with Gasteiger partial charge in [0.05, 0.1) is 13.0 Å². The van der Waals surface area contributed by atoms with Crippen molar-refractivity contribution in [1.82, 2.24) is 4.90 Å². The number of nitrogens with two attached hydrogens (primary N) is 1. The Morgan fingerprint density at radius 2 is 1.93 bits per heavy atom. The van der Waals surface area contributed by atoms with E-state index in [-0.39, 0.29) is 5.91 Å². The summed E-state index contributed by atoms with van der Waals surface area (Å²) in [6.45, 7) is 0.390. The maximum atomic E-state index is 11.2. The second kappa shape index (κ2) is 5.24. The summed E-state index contributed by atoms with van der Waals surface area (Å²) >= 11 is 0. The van der Waals surface area contributed by atoms with Crippen molar-refractivity contribution in [1.29, 1.82) is 0 Å². The molecule has 0 aliphatic heterocycles. The standard InChI is InChI=1S/C11H16N2O2/c1-13(2)11(14)7-8-15-10-5-3-9(12)4-6-10/h3-6H,7-8,12H2,1-2H3. The van der Waals surface area contributed by atoms with Gasteiger partial charge >= 0.3 is 0 Å². The molecule has 0 spiro atoms. The highest BCUT2D eigenvalue weighted by molar-refractivity contribution is 5.75. The Balaban J connectivity index is 2.32. The molecule has 1 rings (SSSR count). The zero-order valence-electron chi connectivity index (χ0n) is 9.06. The Hall–Kier alpha value is -1.71. The molecule has 15 heavy (non-hydrogen) atoms. The molecular formula is C11H16N2O2. The van der Waals surface area contributed by atoms with Gasteiger partial charge < -0.3 is 15.4 Å². The van der Waals surface area contributed by atoms with E-state index in [0.717, 1.165) is 5.75 Å². The summed E-state index contributed by atoms with van der Waals surface area (Å²) in [5.41, 5.74) is 6.23. The predicted octanol–water partition coefficient (Wildman–Crippen LogP) is 1.13. The number of carbonyl (C=O) groups excluding carboxylic acids is 1. The third-order valence-corrected chi connectivity index (χ3v) is 1.96. The summed E-state index contributed by atoms with van der Waals surface area (Å²) in [5, 5.41) is 0. The van der Waals surface area contributed by atoms with E-state index in [0.29, 0.717) is 18.7 Å². The average molecular weight is 208 g/mol. The normalized spacial score (nSPS) is 9.73. The maximum Gasteiger partial charge on any atom is 0.225 e. The summed E-state index contributed by atoms with van der Waals surface area (Å²) in [5.74, 6) is 0.793. The first-order valence-electron chi connectivity index (χ1n) is 4.78. The van der Waals surface area contributed by atoms with Gasteiger partial charge in [-0.25, -0.2) is 0 Å². The monoisotopic (exact) mass is 208 g/mol. The fourth-order valence-corrected chi connectivity index (χ4v) is 1.04. The molecule has 4 heteroatoms. The first kappa shape index (κ1) is 11.4. The first-order chi connectivity index (χ1) is 7.09. The van der Waals surface area contributed by atoms with Crippen molar-refractivity contribution in [3.8, 4) is 5.75 Å². The number of hydrogen-bond acceptors (Lipinski definition) is 3. The highest BCUT2D eigenvalue weighted by atomic mass is 16.5. The lowest BCUT2D eigenvalue weighted by atomic mass is 10.3. The van der Waals surface area contributed by atoms with E-state index < -0.39 is 0 Å². The summed E-state index contributed by atoms with van der Waals surface area (Å²) in [7, 11) is 3.46. The average Bonchev–Trinajstić information content (AvgIpc) is 2.20. The van der Waals surface area contributed by atoms with Crippen molar-refractivity contribution in [3.05, 3.63) is 24.3 Å². The van der Waals surface area contributed by atoms with Gasteiger partial charge in [0.2, 0.25) is 5.91 Å². The molecule has 0 saturated heterocycles. The van der Waals surface area contributed by atoms with Crippen LogP contribution < -0.4 is 10.5 Å². The van der Waals surface area contributed by atoms with Gasteiger partial charge in [0.15, 0.2) is 0 Å². The maximum absolute atomic E-state index is 11.2. The molecule has 1 amide bonds. The number of hydrogen-bond donors (Lipinski definition) is 1. The van der Waals surface area contributed by atoms with Gasteiger partial charge in [-0.3, -0.25) is 4.79 Å². The van der Waals surface area contributed by atoms with Gasteiger partial charge in [-0.15, -0.1) is 0 Å². The number of rotatable bonds is 4. The molecule has 0 radical (unpaired) electrons. The van der Waals surface area contributed by atoms with Gasteiger partial charge in [0.1, 0.15) is 5.75 Å². The van der Waals surface area contributed by atoms with Crippen LogP contribution in [0.2, 0.25) is 0 Å². The second-order valence-electron chi connectivity index (χ2n) is 3.46. The Bertz CT molecular complexity index is 320. The largest absolute Gasteiger partial charge is 0.493 e. The number of nitrogen functional groups attached to an aromatic ring is 1. The summed E-state index contributed by atoms with van der Waals surface area (Å²) in [4.78, 5) is 12.8. The molecule has 0 aliphatic carbocycles. The molecule has 1 aromatic rings. The number of amides is 1. The van der Waals surface area contributed by atoms with Crippen LogP contribution in [-0.4, -0.2) is 31.5 Å². The molecule has 0 heterocycles. The van der Waals surface area contributed by atoms with E-state index in [4.69, 9.17) is 10.5 Å². The van der Waals surface area contributed by atoms with Crippen molar-refractivity contribution in [3.63, 3.8) is 0 Å². The zero-order valence-corrected chi connectivity index (χ0v) is 9.06. The van der Waals surface area contributed by atoms with E-state index in [1.807, 2.05) is 0 Å². The Morgan fingerprint density at radius 1 is 1.33 bits per heavy atom. The van der Waals surface area contributed by atoms with E-state index in [1.165, 1.54) is 0 Å². The molecule has 4 nitrogen and oxygen atoms in total. The molecule has 0 aromatic heterocycles. The molecule has 0 bridgehead atoms. The molecule has 0 atom stereocenters. The van der Waals surface area contributed by atoms with Crippen molar-refractivity contribution in [2.45, 2.75) is 6.42 Å². The first-order valence-corrected chi connectivity index (χ1v) is 4.78. The number of benzene rings is 1. The lowest BCUT2D eigenvalue weighted by Crippen LogP contribution is -2.23. The Morgan fingerprint density at radius 3 is 2.47 bits per heavy atom. The van der Waals surface area contributed by atoms with Gasteiger partial charge in [-0.05, 0) is 24.3 Å². The summed E-state index contributed by atoms with van der Waals surface area (Å²) < 4.78 is 5.38. The fraction of sp³-hybridized carbons (Fsp3) is 0.364. The van der Waals surface area contributed by atoms with Crippen molar-refractivity contribution in [2.24, 2.45) is 0 Å². The van der Waals surface area contributed by atoms with E-state index in [2.05, 4.69) is 0 Å². The fourth-order valence-electron chi connectivity index (χ4n) is 1.04. The van der Waals surface area contributed by atoms with Crippen LogP contribution in [-0.2, 0) is 4.79 Å². The highest BCUT2D eigenvalue weighted by Gasteiger charge is 2.03. The lowest BCUT2D eigenvalue weighted by molar-refractivity contribution is -0.129. The van der Waals surface area contributed by atoms with Crippen LogP contribution >= 0.6 is 0 Å². The minimum Gasteiger partial charge on any atom is -0.493 e. The topological polar surface area (TPSA) is 55.6 Å². The van der Waals surface area contributed by atoms with Crippen LogP contribution in [0.1, 0.15) is 6.42 Å². The van der Waals surface area contributed by atoms with Crippen LogP contribution in [0.3, 0.4) is 0 Å². The van der Waals surface area contributed by atoms with Crippen molar-refractivity contribution < 1.29 is 9.53 Å². The molecule has 2 N–H and O–H groups in total. The van der Waals surface area contributed by atoms with E-state index in [1.54, 1.807) is 43.3 Å². The van der Waals surface area contributed by atoms with Crippen LogP contribution in [0, 0.1) is 0 Å². The van der Waals surface area contributed by atoms with Crippen LogP contribution in [0.15, 0.2) is 24.3 Å². The molecule has 0 saturated carbocycles. The predicted molar refractivity (Wildman–Crippen MR) is 59.7 cm³/mol. The third-order valence-electron chi connectivity index (χ3n) is 1.96.